The number of carbonyl (C=O) groups excluding carboxylic acids is 2. The molecule has 1 aliphatic rings. The van der Waals surface area contributed by atoms with Crippen LogP contribution in [0.1, 0.15) is 23.4 Å². The Balaban J connectivity index is 1.23. The van der Waals surface area contributed by atoms with Crippen LogP contribution in [0.25, 0.3) is 11.3 Å². The Morgan fingerprint density at radius 1 is 1.12 bits per heavy atom. The van der Waals surface area contributed by atoms with Gasteiger partial charge in [-0.3, -0.25) is 4.79 Å². The molecule has 2 aromatic carbocycles. The largest absolute Gasteiger partial charge is 0.355 e. The molecule has 3 aromatic rings. The maximum Gasteiger partial charge on any atom is 0.321 e. The fraction of sp³-hybridized carbons (Fsp3) is 0.320. The molecule has 0 radical (unpaired) electrons. The highest BCUT2D eigenvalue weighted by Gasteiger charge is 2.28. The first-order valence-electron chi connectivity index (χ1n) is 11.0. The van der Waals surface area contributed by atoms with Gasteiger partial charge in [0.25, 0.3) is 0 Å². The van der Waals surface area contributed by atoms with Crippen molar-refractivity contribution in [1.29, 1.82) is 0 Å². The van der Waals surface area contributed by atoms with Gasteiger partial charge in [-0.2, -0.15) is 0 Å². The van der Waals surface area contributed by atoms with E-state index < -0.39 is 0 Å². The predicted molar refractivity (Wildman–Crippen MR) is 129 cm³/mol. The highest BCUT2D eigenvalue weighted by Crippen LogP contribution is 2.22. The van der Waals surface area contributed by atoms with E-state index >= 15 is 0 Å². The first-order valence-corrected chi connectivity index (χ1v) is 11.9. The number of aromatic nitrogens is 1. The average Bonchev–Trinajstić information content (AvgIpc) is 3.26. The highest BCUT2D eigenvalue weighted by atomic mass is 32.1. The number of thiazole rings is 1. The summed E-state index contributed by atoms with van der Waals surface area (Å²) in [6.45, 7) is 3.72. The molecule has 4 rings (SSSR count). The van der Waals surface area contributed by atoms with Crippen molar-refractivity contribution >= 4 is 29.0 Å². The lowest BCUT2D eigenvalue weighted by molar-refractivity contribution is -0.126. The number of urea groups is 1. The van der Waals surface area contributed by atoms with Gasteiger partial charge in [-0.25, -0.2) is 9.78 Å². The number of rotatable bonds is 6. The molecule has 166 valence electrons. The molecule has 0 bridgehead atoms. The fourth-order valence-corrected chi connectivity index (χ4v) is 4.53. The van der Waals surface area contributed by atoms with Crippen LogP contribution in [0.5, 0.6) is 0 Å². The van der Waals surface area contributed by atoms with Crippen molar-refractivity contribution < 1.29 is 9.59 Å². The Labute approximate surface area is 192 Å². The van der Waals surface area contributed by atoms with Gasteiger partial charge < -0.3 is 15.5 Å². The molecule has 1 aromatic heterocycles. The normalized spacial score (nSPS) is 15.9. The summed E-state index contributed by atoms with van der Waals surface area (Å²) in [6, 6.07) is 17.6. The van der Waals surface area contributed by atoms with Crippen LogP contribution in [0, 0.1) is 12.8 Å². The van der Waals surface area contributed by atoms with E-state index in [0.29, 0.717) is 19.6 Å². The Kier molecular flexibility index (Phi) is 7.17. The fourth-order valence-electron chi connectivity index (χ4n) is 3.91. The van der Waals surface area contributed by atoms with Crippen molar-refractivity contribution in [3.8, 4) is 11.3 Å². The minimum absolute atomic E-state index is 0.0248. The van der Waals surface area contributed by atoms with Crippen LogP contribution in [-0.4, -0.2) is 41.5 Å². The van der Waals surface area contributed by atoms with Crippen LogP contribution in [0.2, 0.25) is 0 Å². The van der Waals surface area contributed by atoms with Crippen molar-refractivity contribution in [2.24, 2.45) is 5.92 Å². The van der Waals surface area contributed by atoms with Crippen molar-refractivity contribution in [1.82, 2.24) is 15.2 Å². The summed E-state index contributed by atoms with van der Waals surface area (Å²) < 4.78 is 0. The van der Waals surface area contributed by atoms with Crippen molar-refractivity contribution in [2.45, 2.75) is 26.2 Å². The van der Waals surface area contributed by atoms with Gasteiger partial charge in [0.2, 0.25) is 5.91 Å². The standard InChI is InChI=1S/C25H28N4O2S/c1-18-27-23(17-32-18)20-11-9-19(10-12-20)13-14-26-24(30)21-6-5-15-29(16-21)25(31)28-22-7-3-2-4-8-22/h2-4,7-12,17,21H,5-6,13-16H2,1H3,(H,26,30)(H,28,31). The van der Waals surface area contributed by atoms with Gasteiger partial charge in [0.15, 0.2) is 0 Å². The molecule has 0 saturated carbocycles. The second kappa shape index (κ2) is 10.4. The van der Waals surface area contributed by atoms with Crippen molar-refractivity contribution in [3.63, 3.8) is 0 Å². The number of hydrogen-bond acceptors (Lipinski definition) is 4. The summed E-state index contributed by atoms with van der Waals surface area (Å²) in [5.74, 6) is -0.141. The second-order valence-corrected chi connectivity index (χ2v) is 9.13. The van der Waals surface area contributed by atoms with Crippen molar-refractivity contribution in [3.05, 3.63) is 70.5 Å². The maximum absolute atomic E-state index is 12.7. The molecule has 3 amide bonds. The zero-order chi connectivity index (χ0) is 22.3. The molecular weight excluding hydrogens is 420 g/mol. The van der Waals surface area contributed by atoms with Gasteiger partial charge in [-0.05, 0) is 43.9 Å². The lowest BCUT2D eigenvalue weighted by atomic mass is 9.97. The monoisotopic (exact) mass is 448 g/mol. The van der Waals surface area contributed by atoms with E-state index in [-0.39, 0.29) is 17.9 Å². The number of nitrogens with zero attached hydrogens (tertiary/aromatic N) is 2. The second-order valence-electron chi connectivity index (χ2n) is 8.07. The number of hydrogen-bond donors (Lipinski definition) is 2. The number of benzene rings is 2. The van der Waals surface area contributed by atoms with E-state index in [1.165, 1.54) is 5.56 Å². The van der Waals surface area contributed by atoms with E-state index in [4.69, 9.17) is 0 Å². The molecule has 7 heteroatoms. The quantitative estimate of drug-likeness (QED) is 0.573. The number of amides is 3. The molecule has 1 fully saturated rings. The third-order valence-electron chi connectivity index (χ3n) is 5.69. The van der Waals surface area contributed by atoms with Crippen LogP contribution in [0.3, 0.4) is 0 Å². The van der Waals surface area contributed by atoms with Crippen LogP contribution in [0.4, 0.5) is 10.5 Å². The molecule has 32 heavy (non-hydrogen) atoms. The van der Waals surface area contributed by atoms with E-state index in [0.717, 1.165) is 41.2 Å². The molecule has 2 N–H and O–H groups in total. The number of likely N-dealkylation sites (tertiary alicyclic amines) is 1. The summed E-state index contributed by atoms with van der Waals surface area (Å²) in [7, 11) is 0. The minimum Gasteiger partial charge on any atom is -0.355 e. The third kappa shape index (κ3) is 5.73. The topological polar surface area (TPSA) is 74.3 Å². The predicted octanol–water partition coefficient (Wildman–Crippen LogP) is 4.72. The highest BCUT2D eigenvalue weighted by molar-refractivity contribution is 7.09. The van der Waals surface area contributed by atoms with E-state index in [9.17, 15) is 9.59 Å². The molecule has 2 heterocycles. The number of carbonyl (C=O) groups is 2. The van der Waals surface area contributed by atoms with Crippen LogP contribution < -0.4 is 10.6 Å². The summed E-state index contributed by atoms with van der Waals surface area (Å²) in [5, 5.41) is 9.08. The molecule has 1 atom stereocenters. The molecule has 1 saturated heterocycles. The molecule has 1 aliphatic heterocycles. The number of aryl methyl sites for hydroxylation is 1. The first kappa shape index (κ1) is 22.0. The number of nitrogens with one attached hydrogen (secondary N) is 2. The summed E-state index contributed by atoms with van der Waals surface area (Å²) in [6.07, 6.45) is 2.41. The lowest BCUT2D eigenvalue weighted by Crippen LogP contribution is -2.47. The molecule has 6 nitrogen and oxygen atoms in total. The molecular formula is C25H28N4O2S. The maximum atomic E-state index is 12.7. The van der Waals surface area contributed by atoms with Crippen molar-refractivity contribution in [2.75, 3.05) is 25.0 Å². The van der Waals surface area contributed by atoms with Gasteiger partial charge in [-0.1, -0.05) is 42.5 Å². The molecule has 0 spiro atoms. The number of piperidine rings is 1. The zero-order valence-corrected chi connectivity index (χ0v) is 19.0. The van der Waals surface area contributed by atoms with Gasteiger partial charge in [0.1, 0.15) is 0 Å². The first-order chi connectivity index (χ1) is 15.6. The van der Waals surface area contributed by atoms with Gasteiger partial charge in [0, 0.05) is 36.3 Å². The Morgan fingerprint density at radius 2 is 1.91 bits per heavy atom. The van der Waals surface area contributed by atoms with Gasteiger partial charge in [-0.15, -0.1) is 11.3 Å². The van der Waals surface area contributed by atoms with Gasteiger partial charge >= 0.3 is 6.03 Å². The zero-order valence-electron chi connectivity index (χ0n) is 18.2. The van der Waals surface area contributed by atoms with Gasteiger partial charge in [0.05, 0.1) is 16.6 Å². The van der Waals surface area contributed by atoms with Crippen LogP contribution in [-0.2, 0) is 11.2 Å². The minimum atomic E-state index is -0.166. The Hall–Kier alpha value is -3.19. The summed E-state index contributed by atoms with van der Waals surface area (Å²) in [4.78, 5) is 31.5. The van der Waals surface area contributed by atoms with E-state index in [1.54, 1.807) is 16.2 Å². The average molecular weight is 449 g/mol. The van der Waals surface area contributed by atoms with Crippen LogP contribution >= 0.6 is 11.3 Å². The number of anilines is 1. The third-order valence-corrected chi connectivity index (χ3v) is 6.46. The lowest BCUT2D eigenvalue weighted by Gasteiger charge is -2.32. The summed E-state index contributed by atoms with van der Waals surface area (Å²) >= 11 is 1.65. The molecule has 0 aliphatic carbocycles. The smallest absolute Gasteiger partial charge is 0.321 e. The SMILES string of the molecule is Cc1nc(-c2ccc(CCNC(=O)C3CCCN(C(=O)Nc4ccccc4)C3)cc2)cs1. The molecule has 1 unspecified atom stereocenters. The number of para-hydroxylation sites is 1. The Morgan fingerprint density at radius 3 is 2.62 bits per heavy atom. The Bertz CT molecular complexity index is 1050. The summed E-state index contributed by atoms with van der Waals surface area (Å²) in [5.41, 5.74) is 4.05. The van der Waals surface area contributed by atoms with E-state index in [2.05, 4.69) is 45.3 Å². The van der Waals surface area contributed by atoms with Crippen LogP contribution in [0.15, 0.2) is 60.0 Å². The van der Waals surface area contributed by atoms with E-state index in [1.807, 2.05) is 37.3 Å².